The van der Waals surface area contributed by atoms with Crippen LogP contribution in [-0.2, 0) is 6.54 Å². The van der Waals surface area contributed by atoms with E-state index in [1.807, 2.05) is 0 Å². The molecule has 8 heteroatoms. The molecule has 0 saturated heterocycles. The van der Waals surface area contributed by atoms with Crippen molar-refractivity contribution in [2.24, 2.45) is 0 Å². The summed E-state index contributed by atoms with van der Waals surface area (Å²) in [6.07, 6.45) is 1.55. The van der Waals surface area contributed by atoms with Crippen LogP contribution in [0.2, 0.25) is 0 Å². The SMILES string of the molecule is CC(CO)(CO)Nc1ncc2c(n1)N([O-])CNC2. The molecule has 8 nitrogen and oxygen atoms in total. The topological polar surface area (TPSA) is 117 Å². The van der Waals surface area contributed by atoms with Crippen LogP contribution < -0.4 is 15.7 Å². The number of hydroxylamine groups is 1. The Morgan fingerprint density at radius 1 is 1.56 bits per heavy atom. The number of fused-ring (bicyclic) bond motifs is 1. The number of aromatic nitrogens is 2. The van der Waals surface area contributed by atoms with E-state index >= 15 is 0 Å². The smallest absolute Gasteiger partial charge is 0.225 e. The first kappa shape index (κ1) is 13.0. The third-order valence-corrected chi connectivity index (χ3v) is 2.76. The number of hydrogen-bond acceptors (Lipinski definition) is 8. The molecule has 2 rings (SSSR count). The number of nitrogens with zero attached hydrogens (tertiary/aromatic N) is 3. The summed E-state index contributed by atoms with van der Waals surface area (Å²) in [6.45, 7) is 1.82. The largest absolute Gasteiger partial charge is 0.756 e. The maximum atomic E-state index is 11.6. The Bertz CT molecular complexity index is 424. The fourth-order valence-electron chi connectivity index (χ4n) is 1.56. The van der Waals surface area contributed by atoms with Gasteiger partial charge >= 0.3 is 0 Å². The molecule has 4 N–H and O–H groups in total. The molecule has 0 unspecified atom stereocenters. The Morgan fingerprint density at radius 3 is 2.94 bits per heavy atom. The highest BCUT2D eigenvalue weighted by Gasteiger charge is 2.24. The van der Waals surface area contributed by atoms with Crippen LogP contribution in [0.5, 0.6) is 0 Å². The molecule has 0 saturated carbocycles. The van der Waals surface area contributed by atoms with Gasteiger partial charge in [-0.25, -0.2) is 4.98 Å². The molecule has 100 valence electrons. The van der Waals surface area contributed by atoms with Crippen molar-refractivity contribution in [2.45, 2.75) is 19.0 Å². The maximum Gasteiger partial charge on any atom is 0.225 e. The summed E-state index contributed by atoms with van der Waals surface area (Å²) in [5.74, 6) is 0.520. The van der Waals surface area contributed by atoms with Crippen LogP contribution in [0.4, 0.5) is 11.8 Å². The molecule has 0 aliphatic carbocycles. The zero-order chi connectivity index (χ0) is 13.2. The summed E-state index contributed by atoms with van der Waals surface area (Å²) in [5.41, 5.74) is -0.203. The number of aliphatic hydroxyl groups excluding tert-OH is 2. The molecular formula is C10H16N5O3-. The fraction of sp³-hybridized carbons (Fsp3) is 0.600. The molecule has 1 aliphatic rings. The van der Waals surface area contributed by atoms with Gasteiger partial charge in [-0.05, 0) is 6.92 Å². The molecule has 18 heavy (non-hydrogen) atoms. The van der Waals surface area contributed by atoms with Crippen molar-refractivity contribution in [2.75, 3.05) is 30.3 Å². The lowest BCUT2D eigenvalue weighted by molar-refractivity contribution is 0.147. The van der Waals surface area contributed by atoms with Gasteiger partial charge in [0.1, 0.15) is 5.82 Å². The van der Waals surface area contributed by atoms with Crippen molar-refractivity contribution < 1.29 is 10.2 Å². The standard InChI is InChI=1S/C10H16N5O3/c1-10(4-16,5-17)14-9-12-3-7-2-11-6-15(18)8(7)13-9/h3,11,16-17H,2,4-6H2,1H3,(H,12,13,14)/q-1. The fourth-order valence-corrected chi connectivity index (χ4v) is 1.56. The lowest BCUT2D eigenvalue weighted by Gasteiger charge is -2.35. The maximum absolute atomic E-state index is 11.6. The molecule has 0 amide bonds. The van der Waals surface area contributed by atoms with Crippen molar-refractivity contribution in [3.63, 3.8) is 0 Å². The predicted molar refractivity (Wildman–Crippen MR) is 65.8 cm³/mol. The number of nitrogens with one attached hydrogen (secondary N) is 2. The summed E-state index contributed by atoms with van der Waals surface area (Å²) in [6, 6.07) is 0. The van der Waals surface area contributed by atoms with Crippen LogP contribution in [0.15, 0.2) is 6.20 Å². The number of aliphatic hydroxyl groups is 2. The van der Waals surface area contributed by atoms with Gasteiger partial charge in [0.15, 0.2) is 0 Å². The van der Waals surface area contributed by atoms with Crippen molar-refractivity contribution in [3.05, 3.63) is 17.0 Å². The Morgan fingerprint density at radius 2 is 2.28 bits per heavy atom. The highest BCUT2D eigenvalue weighted by Crippen LogP contribution is 2.21. The first-order chi connectivity index (χ1) is 8.58. The van der Waals surface area contributed by atoms with Crippen molar-refractivity contribution in [1.82, 2.24) is 15.3 Å². The second-order valence-electron chi connectivity index (χ2n) is 4.51. The van der Waals surface area contributed by atoms with Crippen molar-refractivity contribution in [3.8, 4) is 0 Å². The Hall–Kier alpha value is -1.48. The van der Waals surface area contributed by atoms with Gasteiger partial charge in [0, 0.05) is 18.3 Å². The zero-order valence-corrected chi connectivity index (χ0v) is 10.1. The molecule has 0 aromatic carbocycles. The van der Waals surface area contributed by atoms with Crippen LogP contribution in [-0.4, -0.2) is 45.6 Å². The van der Waals surface area contributed by atoms with Gasteiger partial charge in [-0.1, -0.05) is 0 Å². The highest BCUT2D eigenvalue weighted by molar-refractivity contribution is 5.52. The summed E-state index contributed by atoms with van der Waals surface area (Å²) in [7, 11) is 0. The molecule has 0 fully saturated rings. The summed E-state index contributed by atoms with van der Waals surface area (Å²) >= 11 is 0. The van der Waals surface area contributed by atoms with Gasteiger partial charge in [-0.3, -0.25) is 5.32 Å². The van der Waals surface area contributed by atoms with Crippen LogP contribution in [0.1, 0.15) is 12.5 Å². The quantitative estimate of drug-likeness (QED) is 0.540. The zero-order valence-electron chi connectivity index (χ0n) is 10.1. The highest BCUT2D eigenvalue weighted by atomic mass is 16.5. The molecule has 0 spiro atoms. The van der Waals surface area contributed by atoms with Gasteiger partial charge < -0.3 is 25.8 Å². The minimum atomic E-state index is -0.922. The molecule has 1 aromatic heterocycles. The second kappa shape index (κ2) is 5.02. The third kappa shape index (κ3) is 2.51. The van der Waals surface area contributed by atoms with Crippen molar-refractivity contribution in [1.29, 1.82) is 0 Å². The molecular weight excluding hydrogens is 238 g/mol. The first-order valence-electron chi connectivity index (χ1n) is 5.59. The van der Waals surface area contributed by atoms with E-state index in [0.29, 0.717) is 12.4 Å². The van der Waals surface area contributed by atoms with E-state index in [0.717, 1.165) is 10.6 Å². The lowest BCUT2D eigenvalue weighted by Crippen LogP contribution is -2.43. The molecule has 0 atom stereocenters. The second-order valence-corrected chi connectivity index (χ2v) is 4.51. The monoisotopic (exact) mass is 254 g/mol. The number of anilines is 2. The Balaban J connectivity index is 2.23. The minimum Gasteiger partial charge on any atom is -0.756 e. The summed E-state index contributed by atoms with van der Waals surface area (Å²) in [5, 5.41) is 36.4. The molecule has 2 heterocycles. The van der Waals surface area contributed by atoms with E-state index in [4.69, 9.17) is 0 Å². The van der Waals surface area contributed by atoms with Crippen molar-refractivity contribution >= 4 is 11.8 Å². The lowest BCUT2D eigenvalue weighted by atomic mass is 10.1. The van der Waals surface area contributed by atoms with Gasteiger partial charge in [0.2, 0.25) is 5.95 Å². The first-order valence-corrected chi connectivity index (χ1v) is 5.59. The minimum absolute atomic E-state index is 0.181. The van der Waals surface area contributed by atoms with Gasteiger partial charge in [-0.15, -0.1) is 0 Å². The molecule has 0 bridgehead atoms. The van der Waals surface area contributed by atoms with E-state index < -0.39 is 5.54 Å². The van der Waals surface area contributed by atoms with E-state index in [1.165, 1.54) is 0 Å². The normalized spacial score (nSPS) is 15.4. The molecule has 0 radical (unpaired) electrons. The van der Waals surface area contributed by atoms with Crippen LogP contribution in [0.3, 0.4) is 0 Å². The Kier molecular flexibility index (Phi) is 3.62. The summed E-state index contributed by atoms with van der Waals surface area (Å²) in [4.78, 5) is 8.16. The summed E-state index contributed by atoms with van der Waals surface area (Å²) < 4.78 is 0. The van der Waals surface area contributed by atoms with E-state index in [9.17, 15) is 15.4 Å². The molecule has 1 aromatic rings. The predicted octanol–water partition coefficient (Wildman–Crippen LogP) is -1.00. The van der Waals surface area contributed by atoms with Gasteiger partial charge in [0.05, 0.1) is 25.4 Å². The average Bonchev–Trinajstić information content (AvgIpc) is 2.39. The van der Waals surface area contributed by atoms with Crippen LogP contribution in [0, 0.1) is 5.21 Å². The molecule has 1 aliphatic heterocycles. The van der Waals surface area contributed by atoms with Gasteiger partial charge in [-0.2, -0.15) is 4.98 Å². The van der Waals surface area contributed by atoms with E-state index in [-0.39, 0.29) is 25.8 Å². The third-order valence-electron chi connectivity index (χ3n) is 2.76. The van der Waals surface area contributed by atoms with Crippen LogP contribution in [0.25, 0.3) is 0 Å². The average molecular weight is 254 g/mol. The van der Waals surface area contributed by atoms with Crippen LogP contribution >= 0.6 is 0 Å². The number of hydrogen-bond donors (Lipinski definition) is 4. The van der Waals surface area contributed by atoms with E-state index in [1.54, 1.807) is 13.1 Å². The van der Waals surface area contributed by atoms with Gasteiger partial charge in [0.25, 0.3) is 0 Å². The number of rotatable bonds is 4. The van der Waals surface area contributed by atoms with E-state index in [2.05, 4.69) is 20.6 Å². The Labute approximate surface area is 104 Å².